The van der Waals surface area contributed by atoms with Gasteiger partial charge in [0.25, 0.3) is 0 Å². The average Bonchev–Trinajstić information content (AvgIpc) is 2.45. The lowest BCUT2D eigenvalue weighted by Gasteiger charge is -2.18. The minimum Gasteiger partial charge on any atom is -0.484 e. The van der Waals surface area contributed by atoms with Gasteiger partial charge in [0, 0.05) is 12.8 Å². The van der Waals surface area contributed by atoms with Crippen molar-refractivity contribution in [3.63, 3.8) is 0 Å². The molecule has 20 heavy (non-hydrogen) atoms. The fraction of sp³-hybridized carbons (Fsp3) is 0.200. The van der Waals surface area contributed by atoms with E-state index >= 15 is 0 Å². The van der Waals surface area contributed by atoms with Gasteiger partial charge in [-0.1, -0.05) is 36.4 Å². The molecule has 0 amide bonds. The second kappa shape index (κ2) is 6.07. The number of hydrogen-bond acceptors (Lipinski definition) is 4. The highest BCUT2D eigenvalue weighted by Gasteiger charge is 2.13. The van der Waals surface area contributed by atoms with Gasteiger partial charge in [-0.2, -0.15) is 0 Å². The number of nitrogens with two attached hydrogens (primary N) is 1. The monoisotopic (exact) mass is 291 g/mol. The Morgan fingerprint density at radius 2 is 1.80 bits per heavy atom. The first-order valence-corrected chi connectivity index (χ1v) is 8.11. The summed E-state index contributed by atoms with van der Waals surface area (Å²) in [5, 5.41) is 0. The van der Waals surface area contributed by atoms with Crippen molar-refractivity contribution < 1.29 is 13.2 Å². The van der Waals surface area contributed by atoms with Crippen LogP contribution in [0.2, 0.25) is 0 Å². The zero-order valence-corrected chi connectivity index (χ0v) is 12.0. The van der Waals surface area contributed by atoms with Crippen LogP contribution in [0, 0.1) is 0 Å². The van der Waals surface area contributed by atoms with Crippen LogP contribution < -0.4 is 10.5 Å². The van der Waals surface area contributed by atoms with Crippen LogP contribution in [0.4, 0.5) is 0 Å². The summed E-state index contributed by atoms with van der Waals surface area (Å²) in [5.74, 6) is 0.493. The SMILES string of the molecule is CS(=O)(=O)c1cccc(OC(CN)c2ccccc2)c1. The van der Waals surface area contributed by atoms with Crippen molar-refractivity contribution in [2.75, 3.05) is 12.8 Å². The molecule has 1 atom stereocenters. The molecule has 4 nitrogen and oxygen atoms in total. The minimum absolute atomic E-state index is 0.235. The molecule has 0 aromatic heterocycles. The maximum atomic E-state index is 11.5. The average molecular weight is 291 g/mol. The second-order valence-corrected chi connectivity index (χ2v) is 6.52. The summed E-state index contributed by atoms with van der Waals surface area (Å²) < 4.78 is 28.9. The Labute approximate surface area is 119 Å². The molecule has 1 unspecified atom stereocenters. The van der Waals surface area contributed by atoms with E-state index in [1.165, 1.54) is 12.3 Å². The molecule has 2 N–H and O–H groups in total. The largest absolute Gasteiger partial charge is 0.484 e. The van der Waals surface area contributed by atoms with Crippen molar-refractivity contribution in [2.24, 2.45) is 5.73 Å². The van der Waals surface area contributed by atoms with Gasteiger partial charge < -0.3 is 10.5 Å². The number of rotatable bonds is 5. The molecule has 0 saturated heterocycles. The van der Waals surface area contributed by atoms with Gasteiger partial charge in [0.15, 0.2) is 9.84 Å². The van der Waals surface area contributed by atoms with Crippen LogP contribution in [0.25, 0.3) is 0 Å². The van der Waals surface area contributed by atoms with E-state index in [0.29, 0.717) is 12.3 Å². The summed E-state index contributed by atoms with van der Waals surface area (Å²) in [6.07, 6.45) is 0.870. The molecule has 5 heteroatoms. The predicted octanol–water partition coefficient (Wildman–Crippen LogP) is 2.17. The highest BCUT2D eigenvalue weighted by molar-refractivity contribution is 7.90. The minimum atomic E-state index is -3.24. The lowest BCUT2D eigenvalue weighted by Crippen LogP contribution is -2.18. The van der Waals surface area contributed by atoms with E-state index in [1.54, 1.807) is 18.2 Å². The zero-order valence-electron chi connectivity index (χ0n) is 11.2. The Hall–Kier alpha value is -1.85. The van der Waals surface area contributed by atoms with Crippen LogP contribution in [0.15, 0.2) is 59.5 Å². The maximum absolute atomic E-state index is 11.5. The van der Waals surface area contributed by atoms with Gasteiger partial charge >= 0.3 is 0 Å². The molecule has 0 fully saturated rings. The summed E-state index contributed by atoms with van der Waals surface area (Å²) in [6, 6.07) is 16.0. The van der Waals surface area contributed by atoms with Crippen LogP contribution in [0.5, 0.6) is 5.75 Å². The molecule has 0 aliphatic carbocycles. The highest BCUT2D eigenvalue weighted by atomic mass is 32.2. The van der Waals surface area contributed by atoms with E-state index in [2.05, 4.69) is 0 Å². The predicted molar refractivity (Wildman–Crippen MR) is 78.4 cm³/mol. The summed E-state index contributed by atoms with van der Waals surface area (Å²) >= 11 is 0. The summed E-state index contributed by atoms with van der Waals surface area (Å²) in [5.41, 5.74) is 6.69. The Kier molecular flexibility index (Phi) is 4.42. The van der Waals surface area contributed by atoms with Crippen molar-refractivity contribution >= 4 is 9.84 Å². The third-order valence-electron chi connectivity index (χ3n) is 2.90. The Morgan fingerprint density at radius 3 is 2.40 bits per heavy atom. The number of benzene rings is 2. The first-order chi connectivity index (χ1) is 9.50. The van der Waals surface area contributed by atoms with Crippen molar-refractivity contribution in [1.82, 2.24) is 0 Å². The number of ether oxygens (including phenoxy) is 1. The molecule has 2 rings (SSSR count). The fourth-order valence-corrected chi connectivity index (χ4v) is 2.52. The van der Waals surface area contributed by atoms with Crippen molar-refractivity contribution in [3.8, 4) is 5.75 Å². The van der Waals surface area contributed by atoms with Gasteiger partial charge in [0.1, 0.15) is 11.9 Å². The van der Waals surface area contributed by atoms with Crippen LogP contribution in [-0.2, 0) is 9.84 Å². The van der Waals surface area contributed by atoms with Gasteiger partial charge in [-0.15, -0.1) is 0 Å². The Bertz CT molecular complexity index is 669. The van der Waals surface area contributed by atoms with Gasteiger partial charge in [0.2, 0.25) is 0 Å². The highest BCUT2D eigenvalue weighted by Crippen LogP contribution is 2.23. The molecular weight excluding hydrogens is 274 g/mol. The number of sulfone groups is 1. The lowest BCUT2D eigenvalue weighted by molar-refractivity contribution is 0.213. The van der Waals surface area contributed by atoms with Gasteiger partial charge in [-0.25, -0.2) is 8.42 Å². The summed E-state index contributed by atoms with van der Waals surface area (Å²) in [6.45, 7) is 0.313. The maximum Gasteiger partial charge on any atom is 0.175 e. The van der Waals surface area contributed by atoms with Crippen LogP contribution in [0.3, 0.4) is 0 Å². The molecule has 0 saturated carbocycles. The van der Waals surface area contributed by atoms with E-state index in [0.717, 1.165) is 5.56 Å². The van der Waals surface area contributed by atoms with E-state index in [1.807, 2.05) is 30.3 Å². The molecule has 2 aromatic rings. The van der Waals surface area contributed by atoms with Crippen LogP contribution >= 0.6 is 0 Å². The van der Waals surface area contributed by atoms with E-state index in [-0.39, 0.29) is 11.0 Å². The molecule has 0 bridgehead atoms. The third kappa shape index (κ3) is 3.59. The standard InChI is InChI=1S/C15H17NO3S/c1-20(17,18)14-9-5-8-13(10-14)19-15(11-16)12-6-3-2-4-7-12/h2-10,15H,11,16H2,1H3. The topological polar surface area (TPSA) is 69.4 Å². The summed E-state index contributed by atoms with van der Waals surface area (Å²) in [7, 11) is -3.24. The fourth-order valence-electron chi connectivity index (χ4n) is 1.86. The second-order valence-electron chi connectivity index (χ2n) is 4.50. The first kappa shape index (κ1) is 14.6. The van der Waals surface area contributed by atoms with Gasteiger partial charge in [0.05, 0.1) is 4.90 Å². The molecule has 0 radical (unpaired) electrons. The smallest absolute Gasteiger partial charge is 0.175 e. The Morgan fingerprint density at radius 1 is 1.10 bits per heavy atom. The first-order valence-electron chi connectivity index (χ1n) is 6.22. The van der Waals surface area contributed by atoms with E-state index in [9.17, 15) is 8.42 Å². The summed E-state index contributed by atoms with van der Waals surface area (Å²) in [4.78, 5) is 0.235. The Balaban J connectivity index is 2.25. The molecule has 0 aliphatic rings. The molecule has 0 aliphatic heterocycles. The van der Waals surface area contributed by atoms with Crippen LogP contribution in [0.1, 0.15) is 11.7 Å². The molecule has 0 spiro atoms. The molecular formula is C15H17NO3S. The van der Waals surface area contributed by atoms with Gasteiger partial charge in [-0.05, 0) is 23.8 Å². The zero-order chi connectivity index (χ0) is 14.6. The molecule has 106 valence electrons. The van der Waals surface area contributed by atoms with Crippen molar-refractivity contribution in [3.05, 3.63) is 60.2 Å². The normalized spacial score (nSPS) is 12.9. The third-order valence-corrected chi connectivity index (χ3v) is 4.01. The van der Waals surface area contributed by atoms with Gasteiger partial charge in [-0.3, -0.25) is 0 Å². The quantitative estimate of drug-likeness (QED) is 0.916. The van der Waals surface area contributed by atoms with Crippen molar-refractivity contribution in [1.29, 1.82) is 0 Å². The molecule has 0 heterocycles. The van der Waals surface area contributed by atoms with Crippen LogP contribution in [-0.4, -0.2) is 21.2 Å². The van der Waals surface area contributed by atoms with E-state index in [4.69, 9.17) is 10.5 Å². The number of hydrogen-bond donors (Lipinski definition) is 1. The van der Waals surface area contributed by atoms with E-state index < -0.39 is 9.84 Å². The van der Waals surface area contributed by atoms with Crippen molar-refractivity contribution in [2.45, 2.75) is 11.0 Å². The molecule has 2 aromatic carbocycles. The lowest BCUT2D eigenvalue weighted by atomic mass is 10.1.